The van der Waals surface area contributed by atoms with Gasteiger partial charge in [-0.3, -0.25) is 9.59 Å². The molecule has 1 aliphatic heterocycles. The van der Waals surface area contributed by atoms with E-state index in [0.717, 1.165) is 5.56 Å². The van der Waals surface area contributed by atoms with E-state index >= 15 is 0 Å². The highest BCUT2D eigenvalue weighted by molar-refractivity contribution is 6.10. The number of nitrogens with zero attached hydrogens (tertiary/aromatic N) is 1. The molecule has 0 spiro atoms. The van der Waals surface area contributed by atoms with Crippen molar-refractivity contribution in [3.63, 3.8) is 0 Å². The zero-order valence-electron chi connectivity index (χ0n) is 11.9. The van der Waals surface area contributed by atoms with Crippen LogP contribution in [0.2, 0.25) is 0 Å². The molecule has 2 aliphatic rings. The van der Waals surface area contributed by atoms with E-state index in [4.69, 9.17) is 0 Å². The van der Waals surface area contributed by atoms with E-state index in [1.807, 2.05) is 18.2 Å². The van der Waals surface area contributed by atoms with Crippen LogP contribution in [0.25, 0.3) is 0 Å². The number of hydrogen-bond donors (Lipinski definition) is 0. The lowest BCUT2D eigenvalue weighted by molar-refractivity contribution is 0.0964. The average molecular weight is 295 g/mol. The fourth-order valence-corrected chi connectivity index (χ4v) is 3.52. The Bertz CT molecular complexity index is 785. The molecule has 4 rings (SSSR count). The molecule has 0 saturated heterocycles. The summed E-state index contributed by atoms with van der Waals surface area (Å²) in [5.74, 6) is -0.663. The number of benzene rings is 2. The van der Waals surface area contributed by atoms with E-state index in [2.05, 4.69) is 0 Å². The summed E-state index contributed by atoms with van der Waals surface area (Å²) in [5.41, 5.74) is 2.20. The zero-order valence-corrected chi connectivity index (χ0v) is 11.9. The smallest absolute Gasteiger partial charge is 0.258 e. The van der Waals surface area contributed by atoms with Crippen molar-refractivity contribution in [3.8, 4) is 0 Å². The standard InChI is InChI=1S/C18H14FNO2/c19-13-7-8-14-16-12(6-9-15(21)17(13)16)10-20(14)18(22)11-4-2-1-3-5-11/h1-5,7-8,12H,6,9-10H2. The van der Waals surface area contributed by atoms with Gasteiger partial charge in [-0.2, -0.15) is 0 Å². The van der Waals surface area contributed by atoms with Crippen LogP contribution in [0, 0.1) is 5.82 Å². The second kappa shape index (κ2) is 4.77. The molecule has 4 heteroatoms. The van der Waals surface area contributed by atoms with E-state index in [9.17, 15) is 14.0 Å². The molecule has 0 aromatic heterocycles. The van der Waals surface area contributed by atoms with Crippen molar-refractivity contribution in [3.05, 3.63) is 65.0 Å². The van der Waals surface area contributed by atoms with Gasteiger partial charge in [0.1, 0.15) is 5.82 Å². The van der Waals surface area contributed by atoms with Crippen LogP contribution in [0.4, 0.5) is 10.1 Å². The summed E-state index contributed by atoms with van der Waals surface area (Å²) in [6.07, 6.45) is 1.03. The number of Topliss-reactive ketones (excluding diaryl/α,β-unsaturated/α-hetero) is 1. The molecule has 3 nitrogen and oxygen atoms in total. The fraction of sp³-hybridized carbons (Fsp3) is 0.222. The van der Waals surface area contributed by atoms with Crippen molar-refractivity contribution in [2.75, 3.05) is 11.4 Å². The number of rotatable bonds is 1. The van der Waals surface area contributed by atoms with Gasteiger partial charge in [0.15, 0.2) is 5.78 Å². The molecule has 1 amide bonds. The maximum Gasteiger partial charge on any atom is 0.258 e. The SMILES string of the molecule is O=C1CCC2CN(C(=O)c3ccccc3)c3ccc(F)c1c32. The number of hydrogen-bond acceptors (Lipinski definition) is 2. The molecule has 110 valence electrons. The predicted molar refractivity (Wildman–Crippen MR) is 80.8 cm³/mol. The Labute approximate surface area is 127 Å². The minimum Gasteiger partial charge on any atom is -0.307 e. The first-order valence-electron chi connectivity index (χ1n) is 7.39. The molecule has 22 heavy (non-hydrogen) atoms. The molecule has 0 radical (unpaired) electrons. The van der Waals surface area contributed by atoms with Crippen molar-refractivity contribution in [2.45, 2.75) is 18.8 Å². The molecule has 1 atom stereocenters. The van der Waals surface area contributed by atoms with Crippen LogP contribution in [0.1, 0.15) is 45.0 Å². The summed E-state index contributed by atoms with van der Waals surface area (Å²) in [4.78, 5) is 26.4. The Morgan fingerprint density at radius 3 is 2.68 bits per heavy atom. The predicted octanol–water partition coefficient (Wildman–Crippen LogP) is 3.55. The maximum absolute atomic E-state index is 14.0. The van der Waals surface area contributed by atoms with Crippen molar-refractivity contribution in [2.24, 2.45) is 0 Å². The molecule has 0 fully saturated rings. The zero-order chi connectivity index (χ0) is 15.3. The molecule has 2 aromatic rings. The molecular formula is C18H14FNO2. The van der Waals surface area contributed by atoms with E-state index in [1.54, 1.807) is 23.1 Å². The Kier molecular flexibility index (Phi) is 2.86. The van der Waals surface area contributed by atoms with Gasteiger partial charge in [-0.15, -0.1) is 0 Å². The monoisotopic (exact) mass is 295 g/mol. The maximum atomic E-state index is 14.0. The Morgan fingerprint density at radius 2 is 1.91 bits per heavy atom. The van der Waals surface area contributed by atoms with Crippen LogP contribution >= 0.6 is 0 Å². The van der Waals surface area contributed by atoms with Gasteiger partial charge in [-0.05, 0) is 36.2 Å². The number of halogens is 1. The van der Waals surface area contributed by atoms with Crippen LogP contribution in [0.15, 0.2) is 42.5 Å². The third-order valence-electron chi connectivity index (χ3n) is 4.54. The topological polar surface area (TPSA) is 37.4 Å². The van der Waals surface area contributed by atoms with Crippen molar-refractivity contribution < 1.29 is 14.0 Å². The first-order valence-corrected chi connectivity index (χ1v) is 7.39. The fourth-order valence-electron chi connectivity index (χ4n) is 3.52. The van der Waals surface area contributed by atoms with E-state index in [-0.39, 0.29) is 23.2 Å². The summed E-state index contributed by atoms with van der Waals surface area (Å²) < 4.78 is 14.0. The molecule has 0 bridgehead atoms. The highest BCUT2D eigenvalue weighted by atomic mass is 19.1. The third-order valence-corrected chi connectivity index (χ3v) is 4.54. The molecule has 1 heterocycles. The molecule has 2 aromatic carbocycles. The summed E-state index contributed by atoms with van der Waals surface area (Å²) in [6.45, 7) is 0.521. The summed E-state index contributed by atoms with van der Waals surface area (Å²) in [7, 11) is 0. The Balaban J connectivity index is 1.82. The normalized spacial score (nSPS) is 19.2. The molecule has 0 saturated carbocycles. The summed E-state index contributed by atoms with van der Waals surface area (Å²) in [5, 5.41) is 0. The van der Waals surface area contributed by atoms with Crippen LogP contribution in [0.5, 0.6) is 0 Å². The number of carbonyl (C=O) groups excluding carboxylic acids is 2. The first-order chi connectivity index (χ1) is 10.7. The molecule has 1 aliphatic carbocycles. The molecule has 0 N–H and O–H groups in total. The van der Waals surface area contributed by atoms with Crippen LogP contribution in [-0.2, 0) is 0 Å². The number of carbonyl (C=O) groups is 2. The van der Waals surface area contributed by atoms with Crippen molar-refractivity contribution >= 4 is 17.4 Å². The highest BCUT2D eigenvalue weighted by Crippen LogP contribution is 2.45. The van der Waals surface area contributed by atoms with E-state index in [1.165, 1.54) is 6.07 Å². The highest BCUT2D eigenvalue weighted by Gasteiger charge is 2.40. The van der Waals surface area contributed by atoms with E-state index in [0.29, 0.717) is 30.6 Å². The minimum atomic E-state index is -0.470. The lowest BCUT2D eigenvalue weighted by Gasteiger charge is -2.19. The van der Waals surface area contributed by atoms with Gasteiger partial charge in [0.25, 0.3) is 5.91 Å². The van der Waals surface area contributed by atoms with Crippen LogP contribution in [-0.4, -0.2) is 18.2 Å². The van der Waals surface area contributed by atoms with Crippen LogP contribution < -0.4 is 4.90 Å². The summed E-state index contributed by atoms with van der Waals surface area (Å²) in [6, 6.07) is 11.9. The van der Waals surface area contributed by atoms with Crippen LogP contribution in [0.3, 0.4) is 0 Å². The average Bonchev–Trinajstić information content (AvgIpc) is 2.92. The van der Waals surface area contributed by atoms with Gasteiger partial charge < -0.3 is 4.90 Å². The first kappa shape index (κ1) is 13.2. The lowest BCUT2D eigenvalue weighted by atomic mass is 9.83. The largest absolute Gasteiger partial charge is 0.307 e. The van der Waals surface area contributed by atoms with Gasteiger partial charge in [0.2, 0.25) is 0 Å². The van der Waals surface area contributed by atoms with Gasteiger partial charge in [0.05, 0.1) is 5.56 Å². The number of amides is 1. The number of ketones is 1. The van der Waals surface area contributed by atoms with Gasteiger partial charge in [-0.1, -0.05) is 18.2 Å². The molecular weight excluding hydrogens is 281 g/mol. The lowest BCUT2D eigenvalue weighted by Crippen LogP contribution is -2.29. The van der Waals surface area contributed by atoms with Gasteiger partial charge >= 0.3 is 0 Å². The number of anilines is 1. The quantitative estimate of drug-likeness (QED) is 0.807. The van der Waals surface area contributed by atoms with Gasteiger partial charge in [-0.25, -0.2) is 4.39 Å². The Morgan fingerprint density at radius 1 is 1.14 bits per heavy atom. The van der Waals surface area contributed by atoms with Crippen molar-refractivity contribution in [1.82, 2.24) is 0 Å². The minimum absolute atomic E-state index is 0.0612. The second-order valence-electron chi connectivity index (χ2n) is 5.80. The molecule has 1 unspecified atom stereocenters. The second-order valence-corrected chi connectivity index (χ2v) is 5.80. The van der Waals surface area contributed by atoms with E-state index < -0.39 is 5.82 Å². The van der Waals surface area contributed by atoms with Crippen molar-refractivity contribution in [1.29, 1.82) is 0 Å². The third kappa shape index (κ3) is 1.80. The Hall–Kier alpha value is -2.49. The summed E-state index contributed by atoms with van der Waals surface area (Å²) >= 11 is 0. The van der Waals surface area contributed by atoms with Gasteiger partial charge in [0, 0.05) is 30.1 Å².